The monoisotopic (exact) mass is 1050 g/mol. The smallest absolute Gasteiger partial charge is 0.462 e. The summed E-state index contributed by atoms with van der Waals surface area (Å²) >= 11 is 0. The lowest BCUT2D eigenvalue weighted by molar-refractivity contribution is -0.870. The summed E-state index contributed by atoms with van der Waals surface area (Å²) < 4.78 is 34.4. The highest BCUT2D eigenvalue weighted by Crippen LogP contribution is 2.43. The number of rotatable bonds is 50. The van der Waals surface area contributed by atoms with Crippen molar-refractivity contribution in [1.82, 2.24) is 0 Å². The Balaban J connectivity index is 4.19. The number of carbonyl (C=O) groups excluding carboxylic acids is 2. The molecule has 0 aromatic carbocycles. The quantitative estimate of drug-likeness (QED) is 0.0211. The second-order valence-electron chi connectivity index (χ2n) is 19.6. The molecule has 1 N–H and O–H groups in total. The number of esters is 2. The molecule has 0 saturated heterocycles. The largest absolute Gasteiger partial charge is 0.472 e. The Kier molecular flexibility index (Phi) is 50.7. The van der Waals surface area contributed by atoms with Crippen molar-refractivity contribution < 1.29 is 42.1 Å². The standard InChI is InChI=1S/C64H104NO8P/c1-6-8-10-12-14-16-18-20-22-23-24-25-26-27-28-29-30-31-32-33-34-35-36-37-38-39-40-41-43-45-47-49-51-53-55-57-64(67)73-62(61-72-74(68,69)71-59-58-65(3,4)5)60-70-63(66)56-54-52-50-48-46-44-42-21-19-17-15-13-11-9-7-2/h8-11,14-17,20-22,24-25,27-28,30-31,33-34,36-37,42,46,48,62H,6-7,12-13,18-19,23,26,29,32,35,38-41,43-45,47,49-61H2,1-5H3/p+1/b10-8-,11-9-,16-14-,17-15-,22-20-,25-24-,28-27-,31-30-,34-33-,37-36-,42-21-,48-46-. The third kappa shape index (κ3) is 57.2. The summed E-state index contributed by atoms with van der Waals surface area (Å²) in [5.41, 5.74) is 0. The summed E-state index contributed by atoms with van der Waals surface area (Å²) in [6.45, 7) is 4.12. The predicted octanol–water partition coefficient (Wildman–Crippen LogP) is 17.9. The minimum absolute atomic E-state index is 0.0161. The highest BCUT2D eigenvalue weighted by molar-refractivity contribution is 7.47. The van der Waals surface area contributed by atoms with Crippen LogP contribution >= 0.6 is 7.82 Å². The van der Waals surface area contributed by atoms with Crippen LogP contribution in [-0.4, -0.2) is 74.9 Å². The molecule has 0 aromatic heterocycles. The van der Waals surface area contributed by atoms with Gasteiger partial charge in [-0.05, 0) is 116 Å². The van der Waals surface area contributed by atoms with E-state index in [-0.39, 0.29) is 26.1 Å². The van der Waals surface area contributed by atoms with Crippen LogP contribution in [0.3, 0.4) is 0 Å². The van der Waals surface area contributed by atoms with Gasteiger partial charge in [0, 0.05) is 12.8 Å². The van der Waals surface area contributed by atoms with Gasteiger partial charge in [-0.1, -0.05) is 211 Å². The molecule has 74 heavy (non-hydrogen) atoms. The Morgan fingerprint density at radius 1 is 0.419 bits per heavy atom. The molecule has 0 aliphatic heterocycles. The van der Waals surface area contributed by atoms with E-state index in [1.165, 1.54) is 38.5 Å². The zero-order valence-electron chi connectivity index (χ0n) is 47.3. The molecule has 0 rings (SSSR count). The number of allylic oxidation sites excluding steroid dienone is 24. The van der Waals surface area contributed by atoms with Crippen molar-refractivity contribution in [3.05, 3.63) is 146 Å². The number of phosphoric acid groups is 1. The average molecular weight is 1050 g/mol. The van der Waals surface area contributed by atoms with E-state index in [0.717, 1.165) is 116 Å². The van der Waals surface area contributed by atoms with Crippen LogP contribution in [0.25, 0.3) is 0 Å². The summed E-state index contributed by atoms with van der Waals surface area (Å²) in [7, 11) is 1.43. The lowest BCUT2D eigenvalue weighted by Gasteiger charge is -2.24. The van der Waals surface area contributed by atoms with E-state index in [1.807, 2.05) is 21.1 Å². The summed E-state index contributed by atoms with van der Waals surface area (Å²) in [5.74, 6) is -0.864. The molecule has 0 aromatic rings. The van der Waals surface area contributed by atoms with Gasteiger partial charge in [0.1, 0.15) is 19.8 Å². The second kappa shape index (κ2) is 53.7. The van der Waals surface area contributed by atoms with E-state index >= 15 is 0 Å². The predicted molar refractivity (Wildman–Crippen MR) is 316 cm³/mol. The third-order valence-corrected chi connectivity index (χ3v) is 12.3. The Morgan fingerprint density at radius 3 is 1.11 bits per heavy atom. The zero-order valence-corrected chi connectivity index (χ0v) is 48.2. The van der Waals surface area contributed by atoms with E-state index < -0.39 is 32.5 Å². The van der Waals surface area contributed by atoms with Crippen LogP contribution in [0.5, 0.6) is 0 Å². The molecule has 9 nitrogen and oxygen atoms in total. The highest BCUT2D eigenvalue weighted by atomic mass is 31.2. The fourth-order valence-corrected chi connectivity index (χ4v) is 7.76. The molecule has 10 heteroatoms. The molecule has 0 spiro atoms. The van der Waals surface area contributed by atoms with Crippen LogP contribution in [0.2, 0.25) is 0 Å². The van der Waals surface area contributed by atoms with Crippen LogP contribution in [0.1, 0.15) is 194 Å². The average Bonchev–Trinajstić information content (AvgIpc) is 3.36. The van der Waals surface area contributed by atoms with Gasteiger partial charge in [-0.25, -0.2) is 4.57 Å². The van der Waals surface area contributed by atoms with E-state index in [0.29, 0.717) is 23.9 Å². The van der Waals surface area contributed by atoms with Crippen molar-refractivity contribution in [2.75, 3.05) is 47.5 Å². The topological polar surface area (TPSA) is 108 Å². The van der Waals surface area contributed by atoms with E-state index in [4.69, 9.17) is 18.5 Å². The van der Waals surface area contributed by atoms with Gasteiger partial charge in [0.25, 0.3) is 0 Å². The highest BCUT2D eigenvalue weighted by Gasteiger charge is 2.27. The van der Waals surface area contributed by atoms with Crippen molar-refractivity contribution in [2.45, 2.75) is 200 Å². The van der Waals surface area contributed by atoms with Gasteiger partial charge in [0.05, 0.1) is 27.7 Å². The lowest BCUT2D eigenvalue weighted by atomic mass is 10.0. The van der Waals surface area contributed by atoms with Crippen LogP contribution in [0.4, 0.5) is 0 Å². The van der Waals surface area contributed by atoms with Crippen LogP contribution in [0.15, 0.2) is 146 Å². The van der Waals surface area contributed by atoms with Gasteiger partial charge in [0.2, 0.25) is 0 Å². The first-order valence-corrected chi connectivity index (χ1v) is 30.1. The fraction of sp³-hybridized carbons (Fsp3) is 0.594. The Labute approximate surface area is 453 Å². The van der Waals surface area contributed by atoms with Crippen LogP contribution in [0, 0.1) is 0 Å². The molecule has 0 bridgehead atoms. The maximum atomic E-state index is 12.8. The van der Waals surface area contributed by atoms with Crippen molar-refractivity contribution in [2.24, 2.45) is 0 Å². The fourth-order valence-electron chi connectivity index (χ4n) is 7.02. The number of hydrogen-bond donors (Lipinski definition) is 1. The van der Waals surface area contributed by atoms with Gasteiger partial charge in [-0.15, -0.1) is 0 Å². The molecule has 0 aliphatic rings. The van der Waals surface area contributed by atoms with Crippen LogP contribution < -0.4 is 0 Å². The number of hydrogen-bond acceptors (Lipinski definition) is 7. The molecule has 0 amide bonds. The van der Waals surface area contributed by atoms with Gasteiger partial charge in [0.15, 0.2) is 6.10 Å². The molecule has 2 atom stereocenters. The maximum Gasteiger partial charge on any atom is 0.472 e. The maximum absolute atomic E-state index is 12.8. The van der Waals surface area contributed by atoms with Gasteiger partial charge >= 0.3 is 19.8 Å². The summed E-state index contributed by atoms with van der Waals surface area (Å²) in [4.78, 5) is 35.6. The summed E-state index contributed by atoms with van der Waals surface area (Å²) in [5, 5.41) is 0. The zero-order chi connectivity index (χ0) is 54.2. The van der Waals surface area contributed by atoms with Crippen molar-refractivity contribution in [1.29, 1.82) is 0 Å². The van der Waals surface area contributed by atoms with E-state index in [2.05, 4.69) is 160 Å². The normalized spacial score (nSPS) is 14.4. The second-order valence-corrected chi connectivity index (χ2v) is 21.0. The molecule has 0 heterocycles. The molecule has 0 fully saturated rings. The molecule has 418 valence electrons. The summed E-state index contributed by atoms with van der Waals surface area (Å²) in [6, 6.07) is 0. The Morgan fingerprint density at radius 2 is 0.730 bits per heavy atom. The molecule has 2 unspecified atom stereocenters. The molecule has 0 radical (unpaired) electrons. The molecular weight excluding hydrogens is 942 g/mol. The minimum atomic E-state index is -4.40. The number of unbranched alkanes of at least 4 members (excludes halogenated alkanes) is 12. The number of quaternary nitrogens is 1. The number of ether oxygens (including phenoxy) is 2. The van der Waals surface area contributed by atoms with Crippen molar-refractivity contribution in [3.8, 4) is 0 Å². The number of carbonyl (C=O) groups is 2. The van der Waals surface area contributed by atoms with Crippen molar-refractivity contribution >= 4 is 19.8 Å². The first-order chi connectivity index (χ1) is 36.0. The first-order valence-electron chi connectivity index (χ1n) is 28.6. The van der Waals surface area contributed by atoms with Gasteiger partial charge in [-0.3, -0.25) is 18.6 Å². The van der Waals surface area contributed by atoms with Crippen molar-refractivity contribution in [3.63, 3.8) is 0 Å². The Hall–Kier alpha value is -4.11. The number of likely N-dealkylation sites (N-methyl/N-ethyl adjacent to an activating group) is 1. The number of nitrogens with zero attached hydrogens (tertiary/aromatic N) is 1. The third-order valence-electron chi connectivity index (χ3n) is 11.4. The Bertz CT molecular complexity index is 1760. The lowest BCUT2D eigenvalue weighted by Crippen LogP contribution is -2.37. The molecule has 0 saturated carbocycles. The molecular formula is C64H105NO8P+. The SMILES string of the molecule is CC/C=C\C/C=C\C/C=C\C/C=C\C/C=C\C/C=C\C/C=C\C/C=C\CCCCCCCCCCCCC(=O)OC(COC(=O)CCCC/C=C\C/C=C\C/C=C\C/C=C\CC)COP(=O)(O)OCC[N+](C)(C)C. The van der Waals surface area contributed by atoms with E-state index in [1.54, 1.807) is 0 Å². The van der Waals surface area contributed by atoms with Gasteiger partial charge < -0.3 is 18.9 Å². The molecule has 0 aliphatic carbocycles. The minimum Gasteiger partial charge on any atom is -0.462 e. The number of phosphoric ester groups is 1. The van der Waals surface area contributed by atoms with Gasteiger partial charge in [-0.2, -0.15) is 0 Å². The first kappa shape index (κ1) is 69.9. The summed E-state index contributed by atoms with van der Waals surface area (Å²) in [6.07, 6.45) is 79.3. The van der Waals surface area contributed by atoms with E-state index in [9.17, 15) is 19.0 Å². The van der Waals surface area contributed by atoms with Crippen LogP contribution in [-0.2, 0) is 32.7 Å².